The highest BCUT2D eigenvalue weighted by Gasteiger charge is 2.13. The van der Waals surface area contributed by atoms with Gasteiger partial charge < -0.3 is 9.30 Å². The van der Waals surface area contributed by atoms with Crippen molar-refractivity contribution in [1.29, 1.82) is 0 Å². The summed E-state index contributed by atoms with van der Waals surface area (Å²) >= 11 is 5.53. The van der Waals surface area contributed by atoms with Crippen LogP contribution in [-0.4, -0.2) is 21.7 Å². The van der Waals surface area contributed by atoms with Gasteiger partial charge in [-0.05, 0) is 36.8 Å². The van der Waals surface area contributed by atoms with E-state index in [1.165, 1.54) is 4.57 Å². The second-order valence-electron chi connectivity index (χ2n) is 5.57. The third kappa shape index (κ3) is 3.53. The molecule has 0 atom stereocenters. The van der Waals surface area contributed by atoms with Gasteiger partial charge in [-0.15, -0.1) is 0 Å². The van der Waals surface area contributed by atoms with Gasteiger partial charge in [0, 0.05) is 0 Å². The molecule has 25 heavy (non-hydrogen) atoms. The molecule has 0 spiro atoms. The molecule has 0 fully saturated rings. The fraction of sp³-hybridized carbons (Fsp3) is 0.211. The van der Waals surface area contributed by atoms with E-state index in [9.17, 15) is 9.59 Å². The number of rotatable bonds is 5. The third-order valence-electron chi connectivity index (χ3n) is 3.91. The quantitative estimate of drug-likeness (QED) is 0.522. The van der Waals surface area contributed by atoms with Crippen LogP contribution in [0.1, 0.15) is 12.5 Å². The Kier molecular flexibility index (Phi) is 5.09. The molecule has 2 aromatic carbocycles. The minimum Gasteiger partial charge on any atom is -0.465 e. The zero-order valence-corrected chi connectivity index (χ0v) is 14.7. The van der Waals surface area contributed by atoms with Crippen molar-refractivity contribution in [3.8, 4) is 0 Å². The monoisotopic (exact) mass is 354 g/mol. The number of esters is 1. The van der Waals surface area contributed by atoms with Crippen LogP contribution in [-0.2, 0) is 22.6 Å². The Labute approximate surface area is 150 Å². The Morgan fingerprint density at radius 2 is 1.72 bits per heavy atom. The molecule has 0 amide bonds. The van der Waals surface area contributed by atoms with E-state index in [0.29, 0.717) is 28.8 Å². The number of hydrogen-bond donors (Lipinski definition) is 0. The molecule has 3 aromatic rings. The minimum absolute atomic E-state index is 0.0255. The predicted molar refractivity (Wildman–Crippen MR) is 99.2 cm³/mol. The summed E-state index contributed by atoms with van der Waals surface area (Å²) in [4.78, 5) is 24.9. The molecule has 1 heterocycles. The molecule has 1 aromatic heterocycles. The van der Waals surface area contributed by atoms with Crippen molar-refractivity contribution in [1.82, 2.24) is 9.13 Å². The Morgan fingerprint density at radius 1 is 1.04 bits per heavy atom. The Morgan fingerprint density at radius 3 is 2.44 bits per heavy atom. The molecule has 0 radical (unpaired) electrons. The molecule has 0 bridgehead atoms. The summed E-state index contributed by atoms with van der Waals surface area (Å²) in [6.45, 7) is 2.38. The smallest absolute Gasteiger partial charge is 0.326 e. The van der Waals surface area contributed by atoms with Crippen molar-refractivity contribution >= 4 is 29.1 Å². The normalized spacial score (nSPS) is 10.8. The summed E-state index contributed by atoms with van der Waals surface area (Å²) in [5, 5.41) is 0.524. The summed E-state index contributed by atoms with van der Waals surface area (Å²) in [6, 6.07) is 16.8. The van der Waals surface area contributed by atoms with E-state index in [1.54, 1.807) is 29.7 Å². The molecule has 0 aliphatic rings. The van der Waals surface area contributed by atoms with E-state index in [1.807, 2.05) is 36.4 Å². The molecule has 0 N–H and O–H groups in total. The summed E-state index contributed by atoms with van der Waals surface area (Å²) in [7, 11) is 0. The Hall–Kier alpha value is -2.73. The zero-order valence-electron chi connectivity index (χ0n) is 13.8. The van der Waals surface area contributed by atoms with Crippen LogP contribution in [0.15, 0.2) is 59.4 Å². The number of hydrogen-bond acceptors (Lipinski definition) is 4. The van der Waals surface area contributed by atoms with Gasteiger partial charge in [-0.1, -0.05) is 42.5 Å². The number of nitrogens with zero attached hydrogens (tertiary/aromatic N) is 2. The molecule has 0 unspecified atom stereocenters. The first kappa shape index (κ1) is 17.1. The van der Waals surface area contributed by atoms with E-state index < -0.39 is 0 Å². The van der Waals surface area contributed by atoms with Gasteiger partial charge >= 0.3 is 5.97 Å². The molecule has 128 valence electrons. The van der Waals surface area contributed by atoms with Gasteiger partial charge in [-0.2, -0.15) is 0 Å². The number of carbonyl (C=O) groups excluding carboxylic acids is 1. The Bertz CT molecular complexity index is 1020. The number of para-hydroxylation sites is 1. The molecule has 6 heteroatoms. The minimum atomic E-state index is -0.381. The van der Waals surface area contributed by atoms with Crippen LogP contribution in [0.25, 0.3) is 10.9 Å². The number of aromatic nitrogens is 2. The molecule has 0 saturated carbocycles. The average Bonchev–Trinajstić information content (AvgIpc) is 2.63. The number of fused-ring (bicyclic) bond motifs is 1. The highest BCUT2D eigenvalue weighted by molar-refractivity contribution is 7.71. The van der Waals surface area contributed by atoms with E-state index in [4.69, 9.17) is 17.0 Å². The third-order valence-corrected chi connectivity index (χ3v) is 4.35. The van der Waals surface area contributed by atoms with Crippen molar-refractivity contribution in [3.05, 3.63) is 75.3 Å². The zero-order chi connectivity index (χ0) is 17.8. The second-order valence-corrected chi connectivity index (χ2v) is 5.93. The lowest BCUT2D eigenvalue weighted by atomic mass is 10.2. The summed E-state index contributed by atoms with van der Waals surface area (Å²) in [5.74, 6) is -0.381. The number of carbonyl (C=O) groups is 1. The first-order valence-corrected chi connectivity index (χ1v) is 8.44. The molecule has 0 saturated heterocycles. The van der Waals surface area contributed by atoms with Crippen LogP contribution >= 0.6 is 12.2 Å². The van der Waals surface area contributed by atoms with Crippen molar-refractivity contribution < 1.29 is 9.53 Å². The van der Waals surface area contributed by atoms with Crippen molar-refractivity contribution in [2.24, 2.45) is 0 Å². The van der Waals surface area contributed by atoms with Crippen LogP contribution in [0, 0.1) is 4.77 Å². The molecule has 0 aliphatic carbocycles. The van der Waals surface area contributed by atoms with E-state index in [0.717, 1.165) is 5.56 Å². The lowest BCUT2D eigenvalue weighted by Crippen LogP contribution is -2.28. The van der Waals surface area contributed by atoms with Crippen molar-refractivity contribution in [2.45, 2.75) is 20.0 Å². The second kappa shape index (κ2) is 7.44. The highest BCUT2D eigenvalue weighted by atomic mass is 32.1. The molecule has 0 aliphatic heterocycles. The molecule has 5 nitrogen and oxygen atoms in total. The SMILES string of the molecule is CCOC(=O)Cn1c(=S)n(Cc2ccccc2)c(=O)c2ccccc21. The summed E-state index contributed by atoms with van der Waals surface area (Å²) in [5.41, 5.74) is 1.44. The van der Waals surface area contributed by atoms with E-state index in [2.05, 4.69) is 0 Å². The van der Waals surface area contributed by atoms with E-state index >= 15 is 0 Å². The predicted octanol–water partition coefficient (Wildman–Crippen LogP) is 3.14. The maximum absolute atomic E-state index is 12.9. The van der Waals surface area contributed by atoms with Gasteiger partial charge in [0.25, 0.3) is 5.56 Å². The van der Waals surface area contributed by atoms with Crippen LogP contribution in [0.4, 0.5) is 0 Å². The fourth-order valence-corrected chi connectivity index (χ4v) is 3.08. The van der Waals surface area contributed by atoms with Crippen LogP contribution in [0.2, 0.25) is 0 Å². The first-order valence-electron chi connectivity index (χ1n) is 8.03. The van der Waals surface area contributed by atoms with Crippen molar-refractivity contribution in [2.75, 3.05) is 6.61 Å². The summed E-state index contributed by atoms with van der Waals surface area (Å²) in [6.07, 6.45) is 0. The van der Waals surface area contributed by atoms with Gasteiger partial charge in [0.15, 0.2) is 4.77 Å². The van der Waals surface area contributed by atoms with Gasteiger partial charge in [-0.25, -0.2) is 0 Å². The summed E-state index contributed by atoms with van der Waals surface area (Å²) < 4.78 is 8.53. The van der Waals surface area contributed by atoms with Gasteiger partial charge in [-0.3, -0.25) is 14.2 Å². The Balaban J connectivity index is 2.19. The fourth-order valence-electron chi connectivity index (χ4n) is 2.76. The van der Waals surface area contributed by atoms with Crippen molar-refractivity contribution in [3.63, 3.8) is 0 Å². The van der Waals surface area contributed by atoms with Gasteiger partial charge in [0.2, 0.25) is 0 Å². The first-order chi connectivity index (χ1) is 12.1. The molecular formula is C19H18N2O3S. The maximum Gasteiger partial charge on any atom is 0.326 e. The largest absolute Gasteiger partial charge is 0.465 e. The maximum atomic E-state index is 12.9. The van der Waals surface area contributed by atoms with Crippen LogP contribution in [0.5, 0.6) is 0 Å². The van der Waals surface area contributed by atoms with Gasteiger partial charge in [0.1, 0.15) is 6.54 Å². The molecular weight excluding hydrogens is 336 g/mol. The number of benzene rings is 2. The molecule has 3 rings (SSSR count). The van der Waals surface area contributed by atoms with E-state index in [-0.39, 0.29) is 18.1 Å². The lowest BCUT2D eigenvalue weighted by molar-refractivity contribution is -0.143. The van der Waals surface area contributed by atoms with Crippen LogP contribution in [0.3, 0.4) is 0 Å². The standard InChI is InChI=1S/C19H18N2O3S/c1-2-24-17(22)13-20-16-11-7-6-10-15(16)18(23)21(19(20)25)12-14-8-4-3-5-9-14/h3-11H,2,12-13H2,1H3. The topological polar surface area (TPSA) is 53.2 Å². The van der Waals surface area contributed by atoms with Gasteiger partial charge in [0.05, 0.1) is 24.1 Å². The number of ether oxygens (including phenoxy) is 1. The van der Waals surface area contributed by atoms with Crippen LogP contribution < -0.4 is 5.56 Å². The average molecular weight is 354 g/mol. The highest BCUT2D eigenvalue weighted by Crippen LogP contribution is 2.13. The lowest BCUT2D eigenvalue weighted by Gasteiger charge is -2.15.